The first-order valence-electron chi connectivity index (χ1n) is 8.72. The summed E-state index contributed by atoms with van der Waals surface area (Å²) in [5.74, 6) is -0.266. The average molecular weight is 403 g/mol. The molecule has 2 aromatic carbocycles. The number of carboxylic acids is 1. The number of rotatable bonds is 9. The van der Waals surface area contributed by atoms with Crippen LogP contribution in [0, 0.1) is 0 Å². The summed E-state index contributed by atoms with van der Waals surface area (Å²) in [6.07, 6.45) is 2.31. The largest absolute Gasteiger partial charge is 0.491 e. The number of carbonyl (C=O) groups is 2. The van der Waals surface area contributed by atoms with Crippen LogP contribution in [-0.2, 0) is 4.79 Å². The molecule has 0 spiro atoms. The molecule has 6 heteroatoms. The Morgan fingerprint density at radius 1 is 1.00 bits per heavy atom. The van der Waals surface area contributed by atoms with Gasteiger partial charge in [0, 0.05) is 27.1 Å². The molecule has 0 aliphatic rings. The number of carboxylic acid groups (broad SMARTS) is 1. The second kappa shape index (κ2) is 9.02. The highest BCUT2D eigenvalue weighted by Gasteiger charge is 2.21. The van der Waals surface area contributed by atoms with E-state index in [1.165, 1.54) is 11.3 Å². The van der Waals surface area contributed by atoms with Gasteiger partial charge < -0.3 is 9.84 Å². The van der Waals surface area contributed by atoms with Gasteiger partial charge in [-0.1, -0.05) is 23.7 Å². The average Bonchev–Trinajstić information content (AvgIpc) is 3.03. The number of halogens is 1. The van der Waals surface area contributed by atoms with Gasteiger partial charge in [0.15, 0.2) is 0 Å². The van der Waals surface area contributed by atoms with Crippen molar-refractivity contribution in [2.75, 3.05) is 6.61 Å². The number of hydrogen-bond acceptors (Lipinski definition) is 4. The molecule has 4 nitrogen and oxygen atoms in total. The Morgan fingerprint density at radius 3 is 2.48 bits per heavy atom. The van der Waals surface area contributed by atoms with E-state index in [0.717, 1.165) is 22.9 Å². The second-order valence-electron chi connectivity index (χ2n) is 6.15. The minimum absolute atomic E-state index is 0.0891. The molecule has 140 valence electrons. The number of thiophene rings is 1. The van der Waals surface area contributed by atoms with Gasteiger partial charge >= 0.3 is 5.97 Å². The van der Waals surface area contributed by atoms with Gasteiger partial charge in [-0.3, -0.25) is 9.59 Å². The fourth-order valence-corrected chi connectivity index (χ4v) is 4.01. The zero-order valence-corrected chi connectivity index (χ0v) is 16.2. The predicted octanol–water partition coefficient (Wildman–Crippen LogP) is 5.81. The van der Waals surface area contributed by atoms with E-state index in [4.69, 9.17) is 21.4 Å². The van der Waals surface area contributed by atoms with E-state index in [9.17, 15) is 9.59 Å². The van der Waals surface area contributed by atoms with Crippen LogP contribution in [0.3, 0.4) is 0 Å². The summed E-state index contributed by atoms with van der Waals surface area (Å²) in [4.78, 5) is 24.1. The molecule has 0 aliphatic heterocycles. The molecule has 1 aromatic heterocycles. The monoisotopic (exact) mass is 402 g/mol. The maximum atomic E-state index is 13.0. The smallest absolute Gasteiger partial charge is 0.303 e. The number of fused-ring (bicyclic) bond motifs is 1. The fourth-order valence-electron chi connectivity index (χ4n) is 2.78. The number of hydrogen-bond donors (Lipinski definition) is 1. The van der Waals surface area contributed by atoms with Crippen LogP contribution in [-0.4, -0.2) is 23.5 Å². The van der Waals surface area contributed by atoms with Crippen molar-refractivity contribution in [3.05, 3.63) is 64.0 Å². The maximum absolute atomic E-state index is 13.0. The van der Waals surface area contributed by atoms with Crippen molar-refractivity contribution in [2.24, 2.45) is 0 Å². The Kier molecular flexibility index (Phi) is 6.48. The molecule has 3 rings (SSSR count). The van der Waals surface area contributed by atoms with E-state index in [0.29, 0.717) is 34.2 Å². The van der Waals surface area contributed by atoms with Crippen molar-refractivity contribution in [1.82, 2.24) is 0 Å². The van der Waals surface area contributed by atoms with Crippen LogP contribution in [0.25, 0.3) is 10.1 Å². The van der Waals surface area contributed by atoms with Crippen molar-refractivity contribution in [2.45, 2.75) is 25.7 Å². The molecule has 0 fully saturated rings. The van der Waals surface area contributed by atoms with Gasteiger partial charge in [0.25, 0.3) is 0 Å². The first kappa shape index (κ1) is 19.4. The first-order valence-corrected chi connectivity index (χ1v) is 9.92. The molecule has 0 atom stereocenters. The van der Waals surface area contributed by atoms with Crippen molar-refractivity contribution in [3.63, 3.8) is 0 Å². The Balaban J connectivity index is 1.78. The standard InChI is InChI=1S/C21H19ClO4S/c22-15-11-9-14(10-12-15)19(25)21-20(16-6-3-4-7-17(16)27-21)26-13-5-1-2-8-18(23)24/h3-4,6-7,9-12H,1-2,5,8,13H2,(H,23,24). The molecule has 27 heavy (non-hydrogen) atoms. The number of benzene rings is 2. The lowest BCUT2D eigenvalue weighted by Gasteiger charge is -2.08. The van der Waals surface area contributed by atoms with Crippen LogP contribution in [0.4, 0.5) is 0 Å². The zero-order chi connectivity index (χ0) is 19.2. The van der Waals surface area contributed by atoms with Crippen LogP contribution >= 0.6 is 22.9 Å². The normalized spacial score (nSPS) is 10.9. The molecule has 0 saturated carbocycles. The quantitative estimate of drug-likeness (QED) is 0.362. The molecule has 3 aromatic rings. The number of ether oxygens (including phenoxy) is 1. The Morgan fingerprint density at radius 2 is 1.74 bits per heavy atom. The Bertz CT molecular complexity index is 946. The minimum atomic E-state index is -0.782. The Hall–Kier alpha value is -2.37. The van der Waals surface area contributed by atoms with Crippen LogP contribution in [0.1, 0.15) is 40.9 Å². The third kappa shape index (κ3) is 4.87. The van der Waals surface area contributed by atoms with Crippen molar-refractivity contribution >= 4 is 44.8 Å². The fraction of sp³-hybridized carbons (Fsp3) is 0.238. The predicted molar refractivity (Wildman–Crippen MR) is 108 cm³/mol. The Labute approximate surface area is 166 Å². The number of aliphatic carboxylic acids is 1. The lowest BCUT2D eigenvalue weighted by Crippen LogP contribution is -2.04. The van der Waals surface area contributed by atoms with E-state index >= 15 is 0 Å². The molecule has 1 heterocycles. The number of unbranched alkanes of at least 4 members (excludes halogenated alkanes) is 2. The van der Waals surface area contributed by atoms with Gasteiger partial charge in [-0.2, -0.15) is 0 Å². The van der Waals surface area contributed by atoms with E-state index in [1.807, 2.05) is 24.3 Å². The minimum Gasteiger partial charge on any atom is -0.491 e. The van der Waals surface area contributed by atoms with Crippen molar-refractivity contribution in [3.8, 4) is 5.75 Å². The molecule has 0 radical (unpaired) electrons. The second-order valence-corrected chi connectivity index (χ2v) is 7.63. The SMILES string of the molecule is O=C(O)CCCCCOc1c(C(=O)c2ccc(Cl)cc2)sc2ccccc12. The van der Waals surface area contributed by atoms with Crippen molar-refractivity contribution in [1.29, 1.82) is 0 Å². The zero-order valence-electron chi connectivity index (χ0n) is 14.6. The van der Waals surface area contributed by atoms with E-state index in [1.54, 1.807) is 24.3 Å². The number of ketones is 1. The molecule has 0 amide bonds. The molecule has 1 N–H and O–H groups in total. The third-order valence-corrected chi connectivity index (χ3v) is 5.55. The molecule has 0 saturated heterocycles. The van der Waals surface area contributed by atoms with Gasteiger partial charge in [-0.05, 0) is 55.7 Å². The van der Waals surface area contributed by atoms with Gasteiger partial charge in [0.2, 0.25) is 5.78 Å². The van der Waals surface area contributed by atoms with Gasteiger partial charge in [0.05, 0.1) is 6.61 Å². The molecule has 0 bridgehead atoms. The summed E-state index contributed by atoms with van der Waals surface area (Å²) < 4.78 is 6.98. The lowest BCUT2D eigenvalue weighted by molar-refractivity contribution is -0.137. The molecule has 0 unspecified atom stereocenters. The molecular formula is C21H19ClO4S. The van der Waals surface area contributed by atoms with Crippen LogP contribution < -0.4 is 4.74 Å². The van der Waals surface area contributed by atoms with Crippen LogP contribution in [0.5, 0.6) is 5.75 Å². The summed E-state index contributed by atoms with van der Waals surface area (Å²) in [5.41, 5.74) is 0.567. The molecule has 0 aliphatic carbocycles. The summed E-state index contributed by atoms with van der Waals surface area (Å²) in [5, 5.41) is 10.2. The lowest BCUT2D eigenvalue weighted by atomic mass is 10.1. The first-order chi connectivity index (χ1) is 13.1. The van der Waals surface area contributed by atoms with Gasteiger partial charge in [-0.15, -0.1) is 11.3 Å². The third-order valence-electron chi connectivity index (χ3n) is 4.14. The molecular weight excluding hydrogens is 384 g/mol. The topological polar surface area (TPSA) is 63.6 Å². The highest BCUT2D eigenvalue weighted by atomic mass is 35.5. The van der Waals surface area contributed by atoms with Gasteiger partial charge in [0.1, 0.15) is 10.6 Å². The summed E-state index contributed by atoms with van der Waals surface area (Å²) >= 11 is 7.34. The van der Waals surface area contributed by atoms with E-state index < -0.39 is 5.97 Å². The number of carbonyl (C=O) groups excluding carboxylic acids is 1. The highest BCUT2D eigenvalue weighted by molar-refractivity contribution is 7.21. The summed E-state index contributed by atoms with van der Waals surface area (Å²) in [7, 11) is 0. The van der Waals surface area contributed by atoms with Gasteiger partial charge in [-0.25, -0.2) is 0 Å². The van der Waals surface area contributed by atoms with Crippen LogP contribution in [0.2, 0.25) is 5.02 Å². The van der Waals surface area contributed by atoms with E-state index in [-0.39, 0.29) is 12.2 Å². The van der Waals surface area contributed by atoms with Crippen LogP contribution in [0.15, 0.2) is 48.5 Å². The van der Waals surface area contributed by atoms with Crippen molar-refractivity contribution < 1.29 is 19.4 Å². The summed E-state index contributed by atoms with van der Waals surface area (Å²) in [6.45, 7) is 0.446. The highest BCUT2D eigenvalue weighted by Crippen LogP contribution is 2.39. The summed E-state index contributed by atoms with van der Waals surface area (Å²) in [6, 6.07) is 14.6. The maximum Gasteiger partial charge on any atom is 0.303 e. The van der Waals surface area contributed by atoms with E-state index in [2.05, 4.69) is 0 Å².